The molecule has 0 fully saturated rings. The van der Waals surface area contributed by atoms with E-state index in [1.54, 1.807) is 12.1 Å². The quantitative estimate of drug-likeness (QED) is 0.0850. The Morgan fingerprint density at radius 1 is 0.543 bits per heavy atom. The Kier molecular flexibility index (Phi) is 7.23. The van der Waals surface area contributed by atoms with Crippen LogP contribution in [0.3, 0.4) is 0 Å². The van der Waals surface area contributed by atoms with Gasteiger partial charge in [0.1, 0.15) is 11.6 Å². The fourth-order valence-electron chi connectivity index (χ4n) is 5.10. The van der Waals surface area contributed by atoms with E-state index in [-0.39, 0.29) is 27.8 Å². The van der Waals surface area contributed by atoms with E-state index < -0.39 is 97.0 Å². The first-order chi connectivity index (χ1) is 21.9. The van der Waals surface area contributed by atoms with Crippen molar-refractivity contribution in [3.8, 4) is 51.6 Å². The third kappa shape index (κ3) is 4.04. The fraction of sp³-hybridized carbons (Fsp3) is 0. The summed E-state index contributed by atoms with van der Waals surface area (Å²) in [6.45, 7) is 21.8. The van der Waals surface area contributed by atoms with Crippen molar-refractivity contribution < 1.29 is 35.1 Å². The Labute approximate surface area is 252 Å². The van der Waals surface area contributed by atoms with Gasteiger partial charge in [-0.25, -0.2) is 54.9 Å². The normalized spacial score (nSPS) is 12.0. The zero-order valence-electron chi connectivity index (χ0n) is 22.0. The van der Waals surface area contributed by atoms with Crippen LogP contribution >= 0.6 is 0 Å². The molecule has 0 aromatic heterocycles. The zero-order valence-corrected chi connectivity index (χ0v) is 22.0. The van der Waals surface area contributed by atoms with Crippen LogP contribution in [-0.4, -0.2) is 0 Å². The van der Waals surface area contributed by atoms with Crippen molar-refractivity contribution in [2.24, 2.45) is 0 Å². The summed E-state index contributed by atoms with van der Waals surface area (Å²) in [6, 6.07) is 7.59. The maximum Gasteiger partial charge on any atom is 0.270 e. The molecule has 218 valence electrons. The van der Waals surface area contributed by atoms with Gasteiger partial charge < -0.3 is 0 Å². The number of halogens is 8. The lowest BCUT2D eigenvalue weighted by Gasteiger charge is -2.14. The molecule has 5 rings (SSSR count). The summed E-state index contributed by atoms with van der Waals surface area (Å²) in [5.41, 5.74) is -10.7. The molecule has 0 saturated heterocycles. The van der Waals surface area contributed by atoms with Gasteiger partial charge >= 0.3 is 0 Å². The van der Waals surface area contributed by atoms with Crippen LogP contribution in [0.5, 0.6) is 0 Å². The maximum atomic E-state index is 15.1. The summed E-state index contributed by atoms with van der Waals surface area (Å²) in [5, 5.41) is 28.4. The van der Waals surface area contributed by atoms with Crippen molar-refractivity contribution in [3.63, 3.8) is 0 Å². The average Bonchev–Trinajstić information content (AvgIpc) is 3.35. The first-order valence-corrected chi connectivity index (χ1v) is 12.1. The molecule has 1 aliphatic carbocycles. The summed E-state index contributed by atoms with van der Waals surface area (Å²) in [5.74, 6) is -16.5. The third-order valence-electron chi connectivity index (χ3n) is 7.08. The number of nitrogens with zero attached hydrogens (tertiary/aromatic N) is 6. The Balaban J connectivity index is 1.97. The molecule has 0 amide bonds. The standard InChI is InChI=1S/C32H4F8N6/c1-44-19-7-16-14(6-17(19)23-28(37)30(39)32(46-3)31(40)29(23)38)13-5-12(11(8-41)4-15(13)21(16)20(10-43)45-2)22-26(35)24(33)18(9-42)25(34)27(22)36/h4-7H/b21-20-. The monoisotopic (exact) mass is 624 g/mol. The highest BCUT2D eigenvalue weighted by atomic mass is 19.2. The third-order valence-corrected chi connectivity index (χ3v) is 7.08. The van der Waals surface area contributed by atoms with Crippen LogP contribution in [-0.2, 0) is 0 Å². The number of allylic oxidation sites excluding steroid dienone is 1. The number of hydrogen-bond donors (Lipinski definition) is 0. The molecule has 0 N–H and O–H groups in total. The van der Waals surface area contributed by atoms with Crippen LogP contribution in [0.25, 0.3) is 53.5 Å². The van der Waals surface area contributed by atoms with Gasteiger partial charge in [0.25, 0.3) is 11.4 Å². The second-order valence-corrected chi connectivity index (χ2v) is 9.24. The molecule has 14 heteroatoms. The number of hydrogen-bond acceptors (Lipinski definition) is 3. The molecule has 1 aliphatic rings. The van der Waals surface area contributed by atoms with Gasteiger partial charge in [0, 0.05) is 16.7 Å². The average molecular weight is 624 g/mol. The Morgan fingerprint density at radius 2 is 1.04 bits per heavy atom. The van der Waals surface area contributed by atoms with Gasteiger partial charge in [-0.2, -0.15) is 10.5 Å². The molecule has 0 saturated carbocycles. The van der Waals surface area contributed by atoms with Crippen molar-refractivity contribution in [3.05, 3.63) is 133 Å². The van der Waals surface area contributed by atoms with Gasteiger partial charge in [0.2, 0.25) is 0 Å². The maximum absolute atomic E-state index is 15.1. The zero-order chi connectivity index (χ0) is 33.8. The van der Waals surface area contributed by atoms with Crippen LogP contribution in [0, 0.1) is 100 Å². The molecule has 0 spiro atoms. The minimum absolute atomic E-state index is 0.170. The molecule has 46 heavy (non-hydrogen) atoms. The van der Waals surface area contributed by atoms with Crippen molar-refractivity contribution in [1.29, 1.82) is 15.8 Å². The molecule has 4 aromatic carbocycles. The molecule has 6 nitrogen and oxygen atoms in total. The highest BCUT2D eigenvalue weighted by Crippen LogP contribution is 2.52. The lowest BCUT2D eigenvalue weighted by atomic mass is 9.91. The molecule has 0 atom stereocenters. The van der Waals surface area contributed by atoms with E-state index in [0.29, 0.717) is 0 Å². The molecule has 0 heterocycles. The van der Waals surface area contributed by atoms with Gasteiger partial charge in [0.15, 0.2) is 52.2 Å². The number of rotatable bonds is 2. The number of benzene rings is 4. The van der Waals surface area contributed by atoms with Crippen molar-refractivity contribution in [1.82, 2.24) is 0 Å². The van der Waals surface area contributed by atoms with Crippen LogP contribution in [0.1, 0.15) is 22.3 Å². The van der Waals surface area contributed by atoms with Crippen LogP contribution in [0.2, 0.25) is 0 Å². The summed E-state index contributed by atoms with van der Waals surface area (Å²) < 4.78 is 119. The van der Waals surface area contributed by atoms with Gasteiger partial charge in [-0.3, -0.25) is 0 Å². The second kappa shape index (κ2) is 10.9. The highest BCUT2D eigenvalue weighted by Gasteiger charge is 2.35. The van der Waals surface area contributed by atoms with Crippen molar-refractivity contribution in [2.45, 2.75) is 0 Å². The predicted octanol–water partition coefficient (Wildman–Crippen LogP) is 9.16. The van der Waals surface area contributed by atoms with Crippen LogP contribution in [0.4, 0.5) is 46.5 Å². The first kappa shape index (κ1) is 30.5. The van der Waals surface area contributed by atoms with Gasteiger partial charge in [0.05, 0.1) is 43.0 Å². The number of nitriles is 3. The summed E-state index contributed by atoms with van der Waals surface area (Å²) in [7, 11) is 0. The highest BCUT2D eigenvalue weighted by molar-refractivity contribution is 6.07. The minimum atomic E-state index is -2.08. The number of fused-ring (bicyclic) bond motifs is 3. The fourth-order valence-corrected chi connectivity index (χ4v) is 5.10. The van der Waals surface area contributed by atoms with Crippen LogP contribution < -0.4 is 0 Å². The molecule has 0 radical (unpaired) electrons. The Bertz CT molecular complexity index is 2200. The van der Waals surface area contributed by atoms with Gasteiger partial charge in [-0.1, -0.05) is 6.07 Å². The van der Waals surface area contributed by atoms with Crippen molar-refractivity contribution in [2.75, 3.05) is 0 Å². The van der Waals surface area contributed by atoms with E-state index >= 15 is 17.6 Å². The van der Waals surface area contributed by atoms with E-state index in [0.717, 1.165) is 30.3 Å². The molecule has 4 aromatic rings. The van der Waals surface area contributed by atoms with E-state index in [1.807, 2.05) is 0 Å². The minimum Gasteiger partial charge on any atom is -0.237 e. The van der Waals surface area contributed by atoms with E-state index in [1.165, 1.54) is 0 Å². The SMILES string of the molecule is [C-]#[N+]/C(C#N)=C1/c2cc(C#N)c(-c3c(F)c(F)c(C#N)c(F)c3F)cc2-c2cc(-c3c(F)c(F)c([N+]#[C-])c(F)c3F)c([N+]#[C-])cc21. The molecular formula is C32H4F8N6. The Morgan fingerprint density at radius 3 is 1.50 bits per heavy atom. The Hall–Kier alpha value is -7.00. The lowest BCUT2D eigenvalue weighted by molar-refractivity contribution is 0.454. The molecule has 0 unspecified atom stereocenters. The lowest BCUT2D eigenvalue weighted by Crippen LogP contribution is -2.05. The molecule has 0 aliphatic heterocycles. The van der Waals surface area contributed by atoms with Crippen LogP contribution in [0.15, 0.2) is 30.0 Å². The van der Waals surface area contributed by atoms with Gasteiger partial charge in [-0.15, -0.1) is 0 Å². The van der Waals surface area contributed by atoms with E-state index in [4.69, 9.17) is 25.0 Å². The predicted molar refractivity (Wildman–Crippen MR) is 143 cm³/mol. The van der Waals surface area contributed by atoms with E-state index in [9.17, 15) is 28.1 Å². The van der Waals surface area contributed by atoms with Gasteiger partial charge in [-0.05, 0) is 46.0 Å². The smallest absolute Gasteiger partial charge is 0.237 e. The molecular weight excluding hydrogens is 620 g/mol. The van der Waals surface area contributed by atoms with Crippen molar-refractivity contribution >= 4 is 16.9 Å². The first-order valence-electron chi connectivity index (χ1n) is 12.1. The summed E-state index contributed by atoms with van der Waals surface area (Å²) in [4.78, 5) is 8.68. The largest absolute Gasteiger partial charge is 0.270 e. The summed E-state index contributed by atoms with van der Waals surface area (Å²) >= 11 is 0. The van der Waals surface area contributed by atoms with E-state index in [2.05, 4.69) is 14.5 Å². The molecule has 0 bridgehead atoms. The second-order valence-electron chi connectivity index (χ2n) is 9.24. The summed E-state index contributed by atoms with van der Waals surface area (Å²) in [6.07, 6.45) is 0. The topological polar surface area (TPSA) is 84.4 Å².